The largest absolute Gasteiger partial charge is 0.397 e. The van der Waals surface area contributed by atoms with Gasteiger partial charge in [-0.1, -0.05) is 0 Å². The first kappa shape index (κ1) is 11.0. The topological polar surface area (TPSA) is 51.3 Å². The number of hydrogen-bond donors (Lipinski definition) is 1. The SMILES string of the molecule is CCN(CC)C(=O)c1cc(N)cn1C1CC1. The number of carbonyl (C=O) groups excluding carboxylic acids is 1. The van der Waals surface area contributed by atoms with Crippen molar-refractivity contribution in [3.05, 3.63) is 18.0 Å². The van der Waals surface area contributed by atoms with Crippen LogP contribution in [0, 0.1) is 0 Å². The minimum Gasteiger partial charge on any atom is -0.397 e. The number of nitrogens with zero attached hydrogens (tertiary/aromatic N) is 2. The molecule has 2 N–H and O–H groups in total. The van der Waals surface area contributed by atoms with Gasteiger partial charge in [-0.15, -0.1) is 0 Å². The molecule has 2 rings (SSSR count). The maximum atomic E-state index is 12.2. The Morgan fingerprint density at radius 2 is 2.12 bits per heavy atom. The van der Waals surface area contributed by atoms with Crippen LogP contribution in [-0.4, -0.2) is 28.5 Å². The molecule has 0 unspecified atom stereocenters. The highest BCUT2D eigenvalue weighted by molar-refractivity contribution is 5.94. The van der Waals surface area contributed by atoms with Crippen LogP contribution < -0.4 is 5.73 Å². The third kappa shape index (κ3) is 1.92. The Kier molecular flexibility index (Phi) is 2.90. The van der Waals surface area contributed by atoms with Crippen molar-refractivity contribution in [1.82, 2.24) is 9.47 Å². The van der Waals surface area contributed by atoms with Gasteiger partial charge < -0.3 is 15.2 Å². The fraction of sp³-hybridized carbons (Fsp3) is 0.583. The van der Waals surface area contributed by atoms with Crippen LogP contribution in [0.2, 0.25) is 0 Å². The molecule has 1 aliphatic carbocycles. The minimum atomic E-state index is 0.0913. The number of nitrogens with two attached hydrogens (primary N) is 1. The highest BCUT2D eigenvalue weighted by Gasteiger charge is 2.28. The zero-order valence-electron chi connectivity index (χ0n) is 9.94. The van der Waals surface area contributed by atoms with E-state index >= 15 is 0 Å². The van der Waals surface area contributed by atoms with E-state index in [4.69, 9.17) is 5.73 Å². The molecule has 1 aromatic rings. The van der Waals surface area contributed by atoms with Crippen LogP contribution in [0.15, 0.2) is 12.3 Å². The monoisotopic (exact) mass is 221 g/mol. The quantitative estimate of drug-likeness (QED) is 0.844. The fourth-order valence-electron chi connectivity index (χ4n) is 2.00. The third-order valence-corrected chi connectivity index (χ3v) is 3.08. The van der Waals surface area contributed by atoms with Crippen LogP contribution in [-0.2, 0) is 0 Å². The van der Waals surface area contributed by atoms with Crippen molar-refractivity contribution in [1.29, 1.82) is 0 Å². The van der Waals surface area contributed by atoms with Gasteiger partial charge in [0.15, 0.2) is 0 Å². The lowest BCUT2D eigenvalue weighted by molar-refractivity contribution is 0.0762. The van der Waals surface area contributed by atoms with Crippen LogP contribution in [0.1, 0.15) is 43.2 Å². The van der Waals surface area contributed by atoms with Crippen LogP contribution >= 0.6 is 0 Å². The lowest BCUT2D eigenvalue weighted by atomic mass is 10.3. The minimum absolute atomic E-state index is 0.0913. The Bertz CT molecular complexity index is 389. The number of amides is 1. The van der Waals surface area contributed by atoms with Crippen molar-refractivity contribution in [2.24, 2.45) is 0 Å². The molecule has 1 heterocycles. The third-order valence-electron chi connectivity index (χ3n) is 3.08. The first-order valence-corrected chi connectivity index (χ1v) is 5.94. The van der Waals surface area contributed by atoms with Gasteiger partial charge in [0, 0.05) is 25.3 Å². The summed E-state index contributed by atoms with van der Waals surface area (Å²) in [4.78, 5) is 14.0. The number of rotatable bonds is 4. The van der Waals surface area contributed by atoms with Gasteiger partial charge >= 0.3 is 0 Å². The summed E-state index contributed by atoms with van der Waals surface area (Å²) in [5.41, 5.74) is 7.20. The molecule has 1 saturated carbocycles. The van der Waals surface area contributed by atoms with Crippen LogP contribution in [0.5, 0.6) is 0 Å². The van der Waals surface area contributed by atoms with E-state index in [0.717, 1.165) is 31.6 Å². The molecule has 1 fully saturated rings. The summed E-state index contributed by atoms with van der Waals surface area (Å²) in [6.45, 7) is 5.47. The van der Waals surface area contributed by atoms with E-state index < -0.39 is 0 Å². The molecule has 4 nitrogen and oxygen atoms in total. The first-order valence-electron chi connectivity index (χ1n) is 5.94. The van der Waals surface area contributed by atoms with Gasteiger partial charge in [-0.2, -0.15) is 0 Å². The highest BCUT2D eigenvalue weighted by Crippen LogP contribution is 2.37. The summed E-state index contributed by atoms with van der Waals surface area (Å²) in [6.07, 6.45) is 4.20. The number of anilines is 1. The summed E-state index contributed by atoms with van der Waals surface area (Å²) in [5, 5.41) is 0. The van der Waals surface area contributed by atoms with Gasteiger partial charge in [-0.25, -0.2) is 0 Å². The fourth-order valence-corrected chi connectivity index (χ4v) is 2.00. The second-order valence-corrected chi connectivity index (χ2v) is 4.27. The molecular formula is C12H19N3O. The molecule has 0 radical (unpaired) electrons. The van der Waals surface area contributed by atoms with Gasteiger partial charge in [0.05, 0.1) is 5.69 Å². The molecule has 0 saturated heterocycles. The van der Waals surface area contributed by atoms with Crippen molar-refractivity contribution in [2.75, 3.05) is 18.8 Å². The molecule has 0 aromatic carbocycles. The average molecular weight is 221 g/mol. The normalized spacial score (nSPS) is 15.1. The molecule has 88 valence electrons. The second-order valence-electron chi connectivity index (χ2n) is 4.27. The molecule has 1 amide bonds. The van der Waals surface area contributed by atoms with E-state index in [9.17, 15) is 4.79 Å². The Hall–Kier alpha value is -1.45. The molecular weight excluding hydrogens is 202 g/mol. The van der Waals surface area contributed by atoms with Gasteiger partial charge in [0.1, 0.15) is 5.69 Å². The zero-order valence-corrected chi connectivity index (χ0v) is 9.94. The van der Waals surface area contributed by atoms with Crippen LogP contribution in [0.4, 0.5) is 5.69 Å². The lowest BCUT2D eigenvalue weighted by Crippen LogP contribution is -2.31. The van der Waals surface area contributed by atoms with Crippen molar-refractivity contribution in [3.63, 3.8) is 0 Å². The Morgan fingerprint density at radius 3 is 2.62 bits per heavy atom. The molecule has 0 aliphatic heterocycles. The molecule has 16 heavy (non-hydrogen) atoms. The lowest BCUT2D eigenvalue weighted by Gasteiger charge is -2.19. The first-order chi connectivity index (χ1) is 7.67. The summed E-state index contributed by atoms with van der Waals surface area (Å²) < 4.78 is 2.04. The Balaban J connectivity index is 2.27. The summed E-state index contributed by atoms with van der Waals surface area (Å²) >= 11 is 0. The van der Waals surface area contributed by atoms with Crippen LogP contribution in [0.3, 0.4) is 0 Å². The average Bonchev–Trinajstić information content (AvgIpc) is 3.03. The number of carbonyl (C=O) groups is 1. The molecule has 0 bridgehead atoms. The second kappa shape index (κ2) is 4.20. The summed E-state index contributed by atoms with van der Waals surface area (Å²) in [6, 6.07) is 2.28. The predicted octanol–water partition coefficient (Wildman–Crippen LogP) is 1.89. The molecule has 0 atom stereocenters. The number of hydrogen-bond acceptors (Lipinski definition) is 2. The zero-order chi connectivity index (χ0) is 11.7. The standard InChI is InChI=1S/C12H19N3O/c1-3-14(4-2)12(16)11-7-9(13)8-15(11)10-5-6-10/h7-8,10H,3-6,13H2,1-2H3. The summed E-state index contributed by atoms with van der Waals surface area (Å²) in [5.74, 6) is 0.0913. The predicted molar refractivity (Wildman–Crippen MR) is 64.4 cm³/mol. The molecule has 0 spiro atoms. The van der Waals surface area contributed by atoms with Crippen molar-refractivity contribution < 1.29 is 4.79 Å². The van der Waals surface area contributed by atoms with Gasteiger partial charge in [-0.3, -0.25) is 4.79 Å². The maximum absolute atomic E-state index is 12.2. The maximum Gasteiger partial charge on any atom is 0.270 e. The summed E-state index contributed by atoms with van der Waals surface area (Å²) in [7, 11) is 0. The van der Waals surface area contributed by atoms with E-state index in [2.05, 4.69) is 0 Å². The highest BCUT2D eigenvalue weighted by atomic mass is 16.2. The van der Waals surface area contributed by atoms with Crippen LogP contribution in [0.25, 0.3) is 0 Å². The van der Waals surface area contributed by atoms with E-state index in [-0.39, 0.29) is 5.91 Å². The molecule has 1 aliphatic rings. The van der Waals surface area contributed by atoms with Gasteiger partial charge in [-0.05, 0) is 32.8 Å². The smallest absolute Gasteiger partial charge is 0.270 e. The number of nitrogen functional groups attached to an aromatic ring is 1. The van der Waals surface area contributed by atoms with Crippen molar-refractivity contribution in [2.45, 2.75) is 32.7 Å². The van der Waals surface area contributed by atoms with Gasteiger partial charge in [0.25, 0.3) is 5.91 Å². The van der Waals surface area contributed by atoms with Gasteiger partial charge in [0.2, 0.25) is 0 Å². The van der Waals surface area contributed by atoms with Crippen molar-refractivity contribution in [3.8, 4) is 0 Å². The molecule has 1 aromatic heterocycles. The van der Waals surface area contributed by atoms with Crippen molar-refractivity contribution >= 4 is 11.6 Å². The van der Waals surface area contributed by atoms with E-state index in [0.29, 0.717) is 11.7 Å². The Labute approximate surface area is 96.0 Å². The Morgan fingerprint density at radius 1 is 1.50 bits per heavy atom. The molecule has 4 heteroatoms. The number of aromatic nitrogens is 1. The van der Waals surface area contributed by atoms with E-state index in [1.807, 2.05) is 29.5 Å². The van der Waals surface area contributed by atoms with E-state index in [1.54, 1.807) is 6.07 Å². The van der Waals surface area contributed by atoms with E-state index in [1.165, 1.54) is 0 Å².